The Hall–Kier alpha value is -4.11. The van der Waals surface area contributed by atoms with Crippen LogP contribution in [0.2, 0.25) is 0 Å². The topological polar surface area (TPSA) is 116 Å². The van der Waals surface area contributed by atoms with Gasteiger partial charge in [0, 0.05) is 29.7 Å². The fourth-order valence-electron chi connectivity index (χ4n) is 5.48. The van der Waals surface area contributed by atoms with Crippen molar-refractivity contribution in [3.8, 4) is 5.75 Å². The molecule has 3 aromatic rings. The molecule has 3 amide bonds. The van der Waals surface area contributed by atoms with Gasteiger partial charge >= 0.3 is 0 Å². The number of amides is 3. The molecule has 9 heteroatoms. The number of ether oxygens (including phenoxy) is 1. The summed E-state index contributed by atoms with van der Waals surface area (Å²) in [6.45, 7) is 7.96. The molecule has 2 bridgehead atoms. The van der Waals surface area contributed by atoms with Crippen molar-refractivity contribution in [1.29, 1.82) is 0 Å². The minimum absolute atomic E-state index is 0.0553. The number of carbonyl (C=O) groups is 3. The predicted octanol–water partition coefficient (Wildman–Crippen LogP) is 3.86. The fourth-order valence-corrected chi connectivity index (χ4v) is 5.48. The van der Waals surface area contributed by atoms with E-state index in [-0.39, 0.29) is 30.1 Å². The van der Waals surface area contributed by atoms with Crippen LogP contribution in [-0.2, 0) is 20.8 Å². The molecule has 0 unspecified atom stereocenters. The Morgan fingerprint density at radius 3 is 2.40 bits per heavy atom. The number of nitrogens with zero attached hydrogens (tertiary/aromatic N) is 1. The summed E-state index contributed by atoms with van der Waals surface area (Å²) >= 11 is 0. The Kier molecular flexibility index (Phi) is 10.1. The molecule has 4 N–H and O–H groups in total. The van der Waals surface area contributed by atoms with E-state index in [1.807, 2.05) is 101 Å². The zero-order valence-electron chi connectivity index (χ0n) is 25.3. The second-order valence-electron chi connectivity index (χ2n) is 11.6. The van der Waals surface area contributed by atoms with Crippen molar-refractivity contribution in [3.05, 3.63) is 72.1 Å². The van der Waals surface area contributed by atoms with Crippen molar-refractivity contribution in [2.24, 2.45) is 11.8 Å². The van der Waals surface area contributed by atoms with Gasteiger partial charge in [0.1, 0.15) is 23.9 Å². The van der Waals surface area contributed by atoms with Gasteiger partial charge in [-0.1, -0.05) is 64.4 Å². The van der Waals surface area contributed by atoms with Crippen molar-refractivity contribution in [1.82, 2.24) is 25.8 Å². The first-order chi connectivity index (χ1) is 20.1. The highest BCUT2D eigenvalue weighted by molar-refractivity contribution is 5.94. The molecule has 42 heavy (non-hydrogen) atoms. The van der Waals surface area contributed by atoms with Crippen molar-refractivity contribution in [2.75, 3.05) is 14.1 Å². The maximum atomic E-state index is 14.1. The molecule has 0 spiro atoms. The first-order valence-corrected chi connectivity index (χ1v) is 14.6. The summed E-state index contributed by atoms with van der Waals surface area (Å²) in [6, 6.07) is 12.8. The number of nitrogens with one attached hydrogen (secondary N) is 4. The van der Waals surface area contributed by atoms with E-state index >= 15 is 0 Å². The first kappa shape index (κ1) is 30.8. The Bertz CT molecular complexity index is 1410. The third-order valence-corrected chi connectivity index (χ3v) is 7.96. The Balaban J connectivity index is 1.73. The number of likely N-dealkylation sites (N-methyl/N-ethyl adjacent to an activating group) is 1. The lowest BCUT2D eigenvalue weighted by Gasteiger charge is -2.35. The monoisotopic (exact) mass is 573 g/mol. The summed E-state index contributed by atoms with van der Waals surface area (Å²) in [7, 11) is 3.72. The molecule has 1 aromatic heterocycles. The Labute approximate surface area is 248 Å². The van der Waals surface area contributed by atoms with E-state index in [0.717, 1.165) is 28.5 Å². The Morgan fingerprint density at radius 1 is 1.02 bits per heavy atom. The smallest absolute Gasteiger partial charge is 0.247 e. The molecule has 5 rings (SSSR count). The maximum absolute atomic E-state index is 14.1. The number of para-hydroxylation sites is 1. The molecule has 0 fully saturated rings. The molecule has 0 saturated carbocycles. The number of hydrogen-bond donors (Lipinski definition) is 4. The summed E-state index contributed by atoms with van der Waals surface area (Å²) < 4.78 is 6.39. The lowest BCUT2D eigenvalue weighted by atomic mass is 9.94. The van der Waals surface area contributed by atoms with Gasteiger partial charge in [0.15, 0.2) is 0 Å². The molecule has 2 aliphatic heterocycles. The summed E-state index contributed by atoms with van der Waals surface area (Å²) in [5, 5.41) is 9.79. The van der Waals surface area contributed by atoms with Gasteiger partial charge in [-0.15, -0.1) is 0 Å². The molecular weight excluding hydrogens is 530 g/mol. The number of aromatic nitrogens is 1. The van der Waals surface area contributed by atoms with Gasteiger partial charge in [0.25, 0.3) is 0 Å². The molecule has 0 aliphatic carbocycles. The normalized spacial score (nSPS) is 21.8. The second kappa shape index (κ2) is 13.7. The van der Waals surface area contributed by atoms with E-state index < -0.39 is 30.1 Å². The van der Waals surface area contributed by atoms with Crippen LogP contribution in [0.15, 0.2) is 60.9 Å². The average molecular weight is 574 g/mol. The number of aromatic amines is 1. The van der Waals surface area contributed by atoms with E-state index in [2.05, 4.69) is 20.9 Å². The van der Waals surface area contributed by atoms with Crippen molar-refractivity contribution >= 4 is 34.7 Å². The number of H-pyrrole nitrogens is 1. The van der Waals surface area contributed by atoms with Gasteiger partial charge in [-0.25, -0.2) is 0 Å². The van der Waals surface area contributed by atoms with E-state index in [0.29, 0.717) is 5.75 Å². The third-order valence-electron chi connectivity index (χ3n) is 7.96. The minimum Gasteiger partial charge on any atom is -0.487 e. The number of hydrogen-bond acceptors (Lipinski definition) is 5. The number of benzene rings is 2. The van der Waals surface area contributed by atoms with Crippen LogP contribution in [-0.4, -0.2) is 65.9 Å². The SMILES string of the molecule is CC[C@H](C)[C@@H](C(=O)N[C@@H]1C(=O)N[C@@H](Cc2c[nH]c3ccccc23)C(=O)N/C=C\c2ccc(cc2)O[C@@H]1C(C)C)N(C)C. The van der Waals surface area contributed by atoms with Crippen molar-refractivity contribution in [2.45, 2.75) is 64.8 Å². The quantitative estimate of drug-likeness (QED) is 0.327. The summed E-state index contributed by atoms with van der Waals surface area (Å²) in [6.07, 6.45) is 5.57. The largest absolute Gasteiger partial charge is 0.487 e. The van der Waals surface area contributed by atoms with E-state index in [1.54, 1.807) is 12.3 Å². The zero-order chi connectivity index (χ0) is 30.4. The number of rotatable bonds is 8. The third kappa shape index (κ3) is 7.20. The second-order valence-corrected chi connectivity index (χ2v) is 11.6. The summed E-state index contributed by atoms with van der Waals surface area (Å²) in [5.74, 6) is -0.616. The molecule has 224 valence electrons. The van der Waals surface area contributed by atoms with E-state index in [4.69, 9.17) is 4.74 Å². The van der Waals surface area contributed by atoms with Crippen LogP contribution in [0.4, 0.5) is 0 Å². The zero-order valence-corrected chi connectivity index (χ0v) is 25.3. The van der Waals surface area contributed by atoms with Crippen LogP contribution in [0, 0.1) is 11.8 Å². The molecule has 9 nitrogen and oxygen atoms in total. The van der Waals surface area contributed by atoms with E-state index in [1.165, 1.54) is 0 Å². The summed E-state index contributed by atoms with van der Waals surface area (Å²) in [5.41, 5.74) is 2.72. The molecule has 0 saturated heterocycles. The lowest BCUT2D eigenvalue weighted by molar-refractivity contribution is -0.136. The van der Waals surface area contributed by atoms with Crippen molar-refractivity contribution < 1.29 is 19.1 Å². The van der Waals surface area contributed by atoms with Crippen molar-refractivity contribution in [3.63, 3.8) is 0 Å². The first-order valence-electron chi connectivity index (χ1n) is 14.6. The molecular formula is C33H43N5O4. The number of fused-ring (bicyclic) bond motifs is 11. The number of carbonyl (C=O) groups excluding carboxylic acids is 3. The van der Waals surface area contributed by atoms with Gasteiger partial charge in [0.2, 0.25) is 17.7 Å². The van der Waals surface area contributed by atoms with Gasteiger partial charge in [-0.3, -0.25) is 19.3 Å². The Morgan fingerprint density at radius 2 is 1.74 bits per heavy atom. The minimum atomic E-state index is -1.06. The highest BCUT2D eigenvalue weighted by Gasteiger charge is 2.38. The van der Waals surface area contributed by atoms with Gasteiger partial charge in [0.05, 0.1) is 6.04 Å². The molecule has 2 aliphatic rings. The van der Waals surface area contributed by atoms with Crippen LogP contribution in [0.3, 0.4) is 0 Å². The molecule has 3 heterocycles. The average Bonchev–Trinajstić information content (AvgIpc) is 3.37. The van der Waals surface area contributed by atoms with Crippen LogP contribution in [0.1, 0.15) is 45.2 Å². The van der Waals surface area contributed by atoms with E-state index in [9.17, 15) is 14.4 Å². The molecule has 0 radical (unpaired) electrons. The van der Waals surface area contributed by atoms with Crippen LogP contribution < -0.4 is 20.7 Å². The highest BCUT2D eigenvalue weighted by Crippen LogP contribution is 2.23. The highest BCUT2D eigenvalue weighted by atomic mass is 16.5. The van der Waals surface area contributed by atoms with Crippen LogP contribution in [0.25, 0.3) is 17.0 Å². The molecule has 2 aromatic carbocycles. The van der Waals surface area contributed by atoms with Crippen LogP contribution in [0.5, 0.6) is 5.75 Å². The summed E-state index contributed by atoms with van der Waals surface area (Å²) in [4.78, 5) is 46.5. The van der Waals surface area contributed by atoms with Gasteiger partial charge in [-0.05, 0) is 61.3 Å². The van der Waals surface area contributed by atoms with Gasteiger partial charge < -0.3 is 25.7 Å². The van der Waals surface area contributed by atoms with Crippen LogP contribution >= 0.6 is 0 Å². The molecule has 5 atom stereocenters. The standard InChI is InChI=1S/C33H43N5O4/c1-7-21(4)29(38(5)6)33(41)37-28-30(20(2)3)42-24-14-12-22(13-15-24)16-17-34-31(39)27(36-32(28)40)18-23-19-35-26-11-9-8-10-25(23)26/h8-17,19-21,27-30,35H,7,18H2,1-6H3,(H,34,39)(H,36,40)(H,37,41)/b17-16-/t21-,27-,28-,29-,30+/m0/s1. The van der Waals surface area contributed by atoms with Gasteiger partial charge in [-0.2, -0.15) is 0 Å². The fraction of sp³-hybridized carbons (Fsp3) is 0.424. The lowest BCUT2D eigenvalue weighted by Crippen LogP contribution is -2.62. The maximum Gasteiger partial charge on any atom is 0.247 e. The predicted molar refractivity (Wildman–Crippen MR) is 166 cm³/mol.